The molecule has 0 aliphatic carbocycles. The topological polar surface area (TPSA) is 29.1 Å². The Morgan fingerprint density at radius 2 is 1.45 bits per heavy atom. The molecule has 0 saturated heterocycles. The summed E-state index contributed by atoms with van der Waals surface area (Å²) in [6, 6.07) is 0. The number of carbonyl (C=O) groups is 1. The van der Waals surface area contributed by atoms with Crippen LogP contribution in [-0.2, 0) is 4.79 Å². The first-order valence-corrected chi connectivity index (χ1v) is 7.25. The van der Waals surface area contributed by atoms with Crippen molar-refractivity contribution in [2.45, 2.75) is 48.5 Å². The van der Waals surface area contributed by atoms with Crippen LogP contribution in [-0.4, -0.2) is 5.91 Å². The highest BCUT2D eigenvalue weighted by molar-refractivity contribution is 5.97. The third-order valence-corrected chi connectivity index (χ3v) is 1.82. The van der Waals surface area contributed by atoms with E-state index >= 15 is 0 Å². The molecule has 0 aliphatic rings. The van der Waals surface area contributed by atoms with Gasteiger partial charge in [-0.2, -0.15) is 0 Å². The molecule has 1 N–H and O–H groups in total. The molecule has 2 heteroatoms. The van der Waals surface area contributed by atoms with Gasteiger partial charge in [0.05, 0.1) is 0 Å². The molecule has 2 nitrogen and oxygen atoms in total. The molecule has 1 amide bonds. The summed E-state index contributed by atoms with van der Waals surface area (Å²) in [4.78, 5) is 11.8. The van der Waals surface area contributed by atoms with E-state index in [9.17, 15) is 4.79 Å². The zero-order valence-electron chi connectivity index (χ0n) is 14.2. The summed E-state index contributed by atoms with van der Waals surface area (Å²) in [6.45, 7) is 17.2. The second-order valence-corrected chi connectivity index (χ2v) is 3.06. The third-order valence-electron chi connectivity index (χ3n) is 1.82. The second kappa shape index (κ2) is 19.5. The molecule has 0 aliphatic heterocycles. The number of amides is 1. The van der Waals surface area contributed by atoms with Gasteiger partial charge in [-0.05, 0) is 32.9 Å². The molecule has 0 rings (SSSR count). The Hall–Kier alpha value is -1.83. The number of hydrogen-bond donors (Lipinski definition) is 1. The van der Waals surface area contributed by atoms with E-state index in [2.05, 4.69) is 11.9 Å². The Bertz CT molecular complexity index is 358. The van der Waals surface area contributed by atoms with Gasteiger partial charge in [0, 0.05) is 11.3 Å². The van der Waals surface area contributed by atoms with Crippen molar-refractivity contribution in [1.82, 2.24) is 5.32 Å². The van der Waals surface area contributed by atoms with Crippen molar-refractivity contribution in [2.24, 2.45) is 0 Å². The SMILES string of the molecule is C=C/C=C(\C=C/C)NC(=O)C(/C=C\C)=C/C.CC.CC. The summed E-state index contributed by atoms with van der Waals surface area (Å²) in [5, 5.41) is 2.80. The van der Waals surface area contributed by atoms with Gasteiger partial charge in [0.2, 0.25) is 0 Å². The molecule has 0 aromatic heterocycles. The van der Waals surface area contributed by atoms with Crippen molar-refractivity contribution in [3.8, 4) is 0 Å². The first kappa shape index (κ1) is 23.3. The van der Waals surface area contributed by atoms with Gasteiger partial charge in [-0.25, -0.2) is 0 Å². The largest absolute Gasteiger partial charge is 0.322 e. The first-order valence-electron chi connectivity index (χ1n) is 7.25. The van der Waals surface area contributed by atoms with Gasteiger partial charge in [-0.15, -0.1) is 0 Å². The maximum absolute atomic E-state index is 11.8. The predicted molar refractivity (Wildman–Crippen MR) is 92.5 cm³/mol. The third kappa shape index (κ3) is 12.6. The maximum Gasteiger partial charge on any atom is 0.255 e. The van der Waals surface area contributed by atoms with Crippen LogP contribution in [0.4, 0.5) is 0 Å². The summed E-state index contributed by atoms with van der Waals surface area (Å²) >= 11 is 0. The van der Waals surface area contributed by atoms with Crippen molar-refractivity contribution in [2.75, 3.05) is 0 Å². The van der Waals surface area contributed by atoms with Gasteiger partial charge in [-0.3, -0.25) is 4.79 Å². The van der Waals surface area contributed by atoms with Gasteiger partial charge in [0.25, 0.3) is 5.91 Å². The minimum absolute atomic E-state index is 0.119. The van der Waals surface area contributed by atoms with Gasteiger partial charge in [-0.1, -0.05) is 64.7 Å². The Morgan fingerprint density at radius 1 is 0.950 bits per heavy atom. The van der Waals surface area contributed by atoms with Gasteiger partial charge in [0.15, 0.2) is 0 Å². The van der Waals surface area contributed by atoms with Crippen LogP contribution in [0.1, 0.15) is 48.5 Å². The van der Waals surface area contributed by atoms with E-state index < -0.39 is 0 Å². The van der Waals surface area contributed by atoms with Crippen LogP contribution in [0.5, 0.6) is 0 Å². The van der Waals surface area contributed by atoms with E-state index in [4.69, 9.17) is 0 Å². The molecule has 0 fully saturated rings. The molecule has 0 saturated carbocycles. The molecule has 0 aromatic rings. The lowest BCUT2D eigenvalue weighted by molar-refractivity contribution is -0.116. The fourth-order valence-electron chi connectivity index (χ4n) is 1.13. The predicted octanol–water partition coefficient (Wildman–Crippen LogP) is 5.32. The van der Waals surface area contributed by atoms with Crippen LogP contribution in [0, 0.1) is 0 Å². The molecule has 20 heavy (non-hydrogen) atoms. The fraction of sp³-hybridized carbons (Fsp3) is 0.389. The molecule has 0 aromatic carbocycles. The Kier molecular flexibility index (Phi) is 22.7. The van der Waals surface area contributed by atoms with E-state index in [-0.39, 0.29) is 5.91 Å². The smallest absolute Gasteiger partial charge is 0.255 e. The van der Waals surface area contributed by atoms with E-state index in [1.54, 1.807) is 24.3 Å². The van der Waals surface area contributed by atoms with Gasteiger partial charge < -0.3 is 5.32 Å². The molecular formula is C18H31NO. The molecule has 0 heterocycles. The highest BCUT2D eigenvalue weighted by Gasteiger charge is 2.04. The zero-order chi connectivity index (χ0) is 16.4. The number of carbonyl (C=O) groups excluding carboxylic acids is 1. The molecule has 0 radical (unpaired) electrons. The molecular weight excluding hydrogens is 246 g/mol. The molecule has 0 spiro atoms. The van der Waals surface area contributed by atoms with Crippen LogP contribution in [0.15, 0.2) is 60.4 Å². The average molecular weight is 277 g/mol. The standard InChI is InChI=1S/C14H19NO.2C2H6/c1-5-9-12(8-4)14(16)15-13(10-6-2)11-7-3;2*1-2/h5-11H,2H2,1,3-4H3,(H,15,16);2*1-2H3/b9-5-,11-7-,12-8+,13-10+;;. The normalized spacial score (nSPS) is 11.3. The Morgan fingerprint density at radius 3 is 1.80 bits per heavy atom. The minimum Gasteiger partial charge on any atom is -0.322 e. The van der Waals surface area contributed by atoms with E-state index in [1.807, 2.05) is 66.7 Å². The van der Waals surface area contributed by atoms with Crippen LogP contribution in [0.2, 0.25) is 0 Å². The van der Waals surface area contributed by atoms with Crippen molar-refractivity contribution in [3.63, 3.8) is 0 Å². The fourth-order valence-corrected chi connectivity index (χ4v) is 1.13. The Labute approximate surface area is 125 Å². The number of nitrogens with one attached hydrogen (secondary N) is 1. The van der Waals surface area contributed by atoms with Crippen molar-refractivity contribution in [1.29, 1.82) is 0 Å². The molecule has 0 atom stereocenters. The molecule has 114 valence electrons. The molecule has 0 bridgehead atoms. The highest BCUT2D eigenvalue weighted by atomic mass is 16.1. The number of allylic oxidation sites excluding steroid dienone is 6. The van der Waals surface area contributed by atoms with Crippen LogP contribution in [0.3, 0.4) is 0 Å². The van der Waals surface area contributed by atoms with Gasteiger partial charge in [0.1, 0.15) is 0 Å². The quantitative estimate of drug-likeness (QED) is 0.534. The monoisotopic (exact) mass is 277 g/mol. The zero-order valence-corrected chi connectivity index (χ0v) is 14.2. The summed E-state index contributed by atoms with van der Waals surface area (Å²) in [6.07, 6.45) is 12.5. The highest BCUT2D eigenvalue weighted by Crippen LogP contribution is 2.00. The maximum atomic E-state index is 11.8. The van der Waals surface area contributed by atoms with E-state index in [0.29, 0.717) is 5.57 Å². The second-order valence-electron chi connectivity index (χ2n) is 3.06. The van der Waals surface area contributed by atoms with Crippen LogP contribution < -0.4 is 5.32 Å². The van der Waals surface area contributed by atoms with Crippen molar-refractivity contribution in [3.05, 3.63) is 60.4 Å². The summed E-state index contributed by atoms with van der Waals surface area (Å²) in [5.74, 6) is -0.119. The number of rotatable bonds is 5. The lowest BCUT2D eigenvalue weighted by Crippen LogP contribution is -2.22. The lowest BCUT2D eigenvalue weighted by atomic mass is 10.2. The van der Waals surface area contributed by atoms with Crippen molar-refractivity contribution >= 4 is 5.91 Å². The van der Waals surface area contributed by atoms with E-state index in [1.165, 1.54) is 0 Å². The summed E-state index contributed by atoms with van der Waals surface area (Å²) < 4.78 is 0. The molecule has 0 unspecified atom stereocenters. The minimum atomic E-state index is -0.119. The average Bonchev–Trinajstić information content (AvgIpc) is 2.49. The van der Waals surface area contributed by atoms with Gasteiger partial charge >= 0.3 is 0 Å². The lowest BCUT2D eigenvalue weighted by Gasteiger charge is -2.05. The number of hydrogen-bond acceptors (Lipinski definition) is 1. The summed E-state index contributed by atoms with van der Waals surface area (Å²) in [7, 11) is 0. The summed E-state index contributed by atoms with van der Waals surface area (Å²) in [5.41, 5.74) is 1.37. The van der Waals surface area contributed by atoms with E-state index in [0.717, 1.165) is 5.70 Å². The van der Waals surface area contributed by atoms with Crippen LogP contribution in [0.25, 0.3) is 0 Å². The Balaban J connectivity index is -0.000000656. The van der Waals surface area contributed by atoms with Crippen LogP contribution >= 0.6 is 0 Å². The van der Waals surface area contributed by atoms with Crippen molar-refractivity contribution < 1.29 is 4.79 Å². The first-order chi connectivity index (χ1) is 9.69.